The molecular weight excluding hydrogens is 267 g/mol. The van der Waals surface area contributed by atoms with Crippen LogP contribution < -0.4 is 0 Å². The highest BCUT2D eigenvalue weighted by Gasteiger charge is 2.13. The Morgan fingerprint density at radius 1 is 1.29 bits per heavy atom. The first-order valence-electron chi connectivity index (χ1n) is 4.44. The molecule has 6 heteroatoms. The van der Waals surface area contributed by atoms with Crippen LogP contribution in [-0.4, -0.2) is 24.0 Å². The second-order valence-corrected chi connectivity index (χ2v) is 3.83. The molecule has 4 nitrogen and oxygen atoms in total. The molecule has 1 aromatic rings. The lowest BCUT2D eigenvalue weighted by Gasteiger charge is -2.02. The molecule has 0 heterocycles. The third kappa shape index (κ3) is 3.47. The van der Waals surface area contributed by atoms with Gasteiger partial charge in [-0.15, -0.1) is 0 Å². The molecule has 0 fully saturated rings. The molecule has 0 atom stereocenters. The topological polar surface area (TPSA) is 63.6 Å². The zero-order valence-corrected chi connectivity index (χ0v) is 10.2. The van der Waals surface area contributed by atoms with E-state index in [0.717, 1.165) is 13.2 Å². The number of aliphatic hydroxyl groups is 1. The Labute approximate surface area is 107 Å². The molecule has 17 heavy (non-hydrogen) atoms. The summed E-state index contributed by atoms with van der Waals surface area (Å²) >= 11 is 11.4. The van der Waals surface area contributed by atoms with E-state index in [1.807, 2.05) is 0 Å². The molecule has 0 aromatic heterocycles. The highest BCUT2D eigenvalue weighted by Crippen LogP contribution is 2.25. The van der Waals surface area contributed by atoms with Crippen molar-refractivity contribution in [1.29, 1.82) is 0 Å². The number of carbonyl (C=O) groups is 2. The van der Waals surface area contributed by atoms with Crippen LogP contribution in [0.4, 0.5) is 0 Å². The van der Waals surface area contributed by atoms with Crippen LogP contribution in [0.25, 0.3) is 5.76 Å². The Morgan fingerprint density at radius 2 is 1.94 bits per heavy atom. The highest BCUT2D eigenvalue weighted by atomic mass is 35.5. The van der Waals surface area contributed by atoms with Gasteiger partial charge in [0.05, 0.1) is 17.2 Å². The number of carbonyl (C=O) groups excluding carboxylic acids is 2. The Kier molecular flexibility index (Phi) is 4.54. The van der Waals surface area contributed by atoms with Crippen LogP contribution in [0.2, 0.25) is 10.0 Å². The van der Waals surface area contributed by atoms with Crippen molar-refractivity contribution >= 4 is 40.7 Å². The minimum absolute atomic E-state index is 0.231. The molecule has 0 radical (unpaired) electrons. The van der Waals surface area contributed by atoms with Crippen LogP contribution in [0.15, 0.2) is 24.3 Å². The monoisotopic (exact) mass is 274 g/mol. The van der Waals surface area contributed by atoms with Crippen molar-refractivity contribution in [1.82, 2.24) is 0 Å². The summed E-state index contributed by atoms with van der Waals surface area (Å²) in [5.41, 5.74) is 0.275. The van der Waals surface area contributed by atoms with E-state index in [9.17, 15) is 14.7 Å². The average molecular weight is 275 g/mol. The maximum atomic E-state index is 11.1. The fourth-order valence-electron chi connectivity index (χ4n) is 1.02. The summed E-state index contributed by atoms with van der Waals surface area (Å²) < 4.78 is 4.20. The zero-order chi connectivity index (χ0) is 13.0. The maximum absolute atomic E-state index is 11.1. The van der Waals surface area contributed by atoms with Gasteiger partial charge < -0.3 is 9.84 Å². The lowest BCUT2D eigenvalue weighted by molar-refractivity contribution is -0.149. The van der Waals surface area contributed by atoms with Crippen LogP contribution >= 0.6 is 23.2 Å². The third-order valence-electron chi connectivity index (χ3n) is 1.87. The summed E-state index contributed by atoms with van der Waals surface area (Å²) in [6, 6.07) is 4.30. The fraction of sp³-hybridized carbons (Fsp3) is 0.0909. The van der Waals surface area contributed by atoms with Gasteiger partial charge in [0.15, 0.2) is 0 Å². The maximum Gasteiger partial charge on any atom is 0.378 e. The number of hydrogen-bond donors (Lipinski definition) is 1. The van der Waals surface area contributed by atoms with Crippen molar-refractivity contribution in [2.75, 3.05) is 7.11 Å². The number of aliphatic hydroxyl groups excluding tert-OH is 1. The zero-order valence-electron chi connectivity index (χ0n) is 8.74. The number of hydrogen-bond acceptors (Lipinski definition) is 4. The lowest BCUT2D eigenvalue weighted by atomic mass is 10.1. The van der Waals surface area contributed by atoms with Crippen LogP contribution in [0.3, 0.4) is 0 Å². The molecule has 0 aliphatic rings. The van der Waals surface area contributed by atoms with Gasteiger partial charge in [-0.25, -0.2) is 4.79 Å². The van der Waals surface area contributed by atoms with Crippen LogP contribution in [0, 0.1) is 0 Å². The number of ketones is 1. The van der Waals surface area contributed by atoms with Crippen molar-refractivity contribution in [3.05, 3.63) is 39.9 Å². The molecule has 0 saturated carbocycles. The minimum atomic E-state index is -1.06. The molecule has 0 saturated heterocycles. The van der Waals surface area contributed by atoms with Crippen molar-refractivity contribution in [2.45, 2.75) is 0 Å². The first kappa shape index (κ1) is 13.5. The largest absolute Gasteiger partial charge is 0.507 e. The average Bonchev–Trinajstić information content (AvgIpc) is 2.31. The first-order chi connectivity index (χ1) is 7.95. The number of rotatable bonds is 3. The van der Waals surface area contributed by atoms with Gasteiger partial charge in [-0.05, 0) is 18.2 Å². The third-order valence-corrected chi connectivity index (χ3v) is 2.61. The normalized spacial score (nSPS) is 11.1. The number of esters is 1. The van der Waals surface area contributed by atoms with E-state index < -0.39 is 11.8 Å². The first-order valence-corrected chi connectivity index (χ1v) is 5.19. The Morgan fingerprint density at radius 3 is 2.47 bits per heavy atom. The van der Waals surface area contributed by atoms with Gasteiger partial charge in [0.2, 0.25) is 0 Å². The molecule has 0 aliphatic heterocycles. The van der Waals surface area contributed by atoms with E-state index in [1.165, 1.54) is 18.2 Å². The molecule has 0 bridgehead atoms. The summed E-state index contributed by atoms with van der Waals surface area (Å²) in [7, 11) is 1.07. The van der Waals surface area contributed by atoms with Gasteiger partial charge in [-0.3, -0.25) is 4.79 Å². The molecule has 90 valence electrons. The minimum Gasteiger partial charge on any atom is -0.507 e. The van der Waals surface area contributed by atoms with E-state index >= 15 is 0 Å². The smallest absolute Gasteiger partial charge is 0.378 e. The fourth-order valence-corrected chi connectivity index (χ4v) is 1.32. The predicted octanol–water partition coefficient (Wildman–Crippen LogP) is 2.63. The van der Waals surface area contributed by atoms with E-state index in [1.54, 1.807) is 0 Å². The molecule has 1 N–H and O–H groups in total. The van der Waals surface area contributed by atoms with E-state index in [0.29, 0.717) is 5.02 Å². The van der Waals surface area contributed by atoms with E-state index in [-0.39, 0.29) is 16.3 Å². The summed E-state index contributed by atoms with van der Waals surface area (Å²) in [5.74, 6) is -2.41. The second kappa shape index (κ2) is 5.70. The van der Waals surface area contributed by atoms with Crippen LogP contribution in [-0.2, 0) is 14.3 Å². The van der Waals surface area contributed by atoms with E-state index in [4.69, 9.17) is 23.2 Å². The molecular formula is C11H8Cl2O4. The van der Waals surface area contributed by atoms with Gasteiger partial charge >= 0.3 is 5.97 Å². The summed E-state index contributed by atoms with van der Waals surface area (Å²) in [4.78, 5) is 22.0. The lowest BCUT2D eigenvalue weighted by Crippen LogP contribution is -2.13. The number of benzene rings is 1. The van der Waals surface area contributed by atoms with Gasteiger partial charge in [0.25, 0.3) is 5.78 Å². The quantitative estimate of drug-likeness (QED) is 0.398. The molecule has 1 rings (SSSR count). The molecule has 0 amide bonds. The van der Waals surface area contributed by atoms with E-state index in [2.05, 4.69) is 4.74 Å². The number of methoxy groups -OCH3 is 1. The van der Waals surface area contributed by atoms with Gasteiger partial charge in [-0.1, -0.05) is 23.2 Å². The van der Waals surface area contributed by atoms with Crippen molar-refractivity contribution < 1.29 is 19.4 Å². The predicted molar refractivity (Wildman–Crippen MR) is 64.1 cm³/mol. The van der Waals surface area contributed by atoms with Gasteiger partial charge in [-0.2, -0.15) is 0 Å². The Balaban J connectivity index is 3.00. The highest BCUT2D eigenvalue weighted by molar-refractivity contribution is 6.42. The Bertz CT molecular complexity index is 494. The summed E-state index contributed by atoms with van der Waals surface area (Å²) in [6.07, 6.45) is 0.755. The van der Waals surface area contributed by atoms with Crippen LogP contribution in [0.5, 0.6) is 0 Å². The molecule has 0 unspecified atom stereocenters. The molecule has 0 aliphatic carbocycles. The molecule has 1 aromatic carbocycles. The van der Waals surface area contributed by atoms with Crippen LogP contribution in [0.1, 0.15) is 5.56 Å². The van der Waals surface area contributed by atoms with Gasteiger partial charge in [0.1, 0.15) is 5.76 Å². The number of ether oxygens (including phenoxy) is 1. The molecule has 0 spiro atoms. The summed E-state index contributed by atoms with van der Waals surface area (Å²) in [6.45, 7) is 0. The van der Waals surface area contributed by atoms with Crippen molar-refractivity contribution in [3.63, 3.8) is 0 Å². The van der Waals surface area contributed by atoms with Gasteiger partial charge in [0, 0.05) is 11.6 Å². The van der Waals surface area contributed by atoms with Crippen molar-refractivity contribution in [3.8, 4) is 0 Å². The Hall–Kier alpha value is -1.52. The summed E-state index contributed by atoms with van der Waals surface area (Å²) in [5, 5.41) is 10.1. The second-order valence-electron chi connectivity index (χ2n) is 3.01. The standard InChI is InChI=1S/C11H8Cl2O4/c1-17-11(16)10(15)5-9(14)6-2-3-7(12)8(13)4-6/h2-5,14H,1H3. The number of halogens is 2. The SMILES string of the molecule is COC(=O)C(=O)C=C(O)c1ccc(Cl)c(Cl)c1. The van der Waals surface area contributed by atoms with Crippen molar-refractivity contribution in [2.24, 2.45) is 0 Å².